The van der Waals surface area contributed by atoms with Gasteiger partial charge in [0.2, 0.25) is 0 Å². The van der Waals surface area contributed by atoms with E-state index in [4.69, 9.17) is 4.74 Å². The molecule has 0 unspecified atom stereocenters. The Morgan fingerprint density at radius 2 is 2.29 bits per heavy atom. The molecule has 1 aromatic rings. The molecule has 1 saturated heterocycles. The summed E-state index contributed by atoms with van der Waals surface area (Å²) in [7, 11) is 0. The molecule has 1 aromatic heterocycles. The fourth-order valence-electron chi connectivity index (χ4n) is 1.45. The third-order valence-electron chi connectivity index (χ3n) is 2.14. The minimum absolute atomic E-state index is 0.249. The molecule has 1 aliphatic heterocycles. The van der Waals surface area contributed by atoms with Crippen LogP contribution >= 0.6 is 31.9 Å². The lowest BCUT2D eigenvalue weighted by molar-refractivity contribution is 0.0765. The van der Waals surface area contributed by atoms with E-state index in [1.54, 1.807) is 0 Å². The van der Waals surface area contributed by atoms with Crippen molar-refractivity contribution in [2.45, 2.75) is 6.04 Å². The van der Waals surface area contributed by atoms with Gasteiger partial charge in [-0.15, -0.1) is 0 Å². The van der Waals surface area contributed by atoms with Gasteiger partial charge in [-0.2, -0.15) is 0 Å². The zero-order valence-electron chi connectivity index (χ0n) is 7.46. The highest BCUT2D eigenvalue weighted by Gasteiger charge is 2.18. The summed E-state index contributed by atoms with van der Waals surface area (Å²) in [5, 5.41) is 3.39. The van der Waals surface area contributed by atoms with Crippen molar-refractivity contribution >= 4 is 31.9 Å². The molecule has 0 aliphatic carbocycles. The van der Waals surface area contributed by atoms with Crippen molar-refractivity contribution in [3.63, 3.8) is 0 Å². The van der Waals surface area contributed by atoms with E-state index in [0.717, 1.165) is 27.9 Å². The number of morpholine rings is 1. The Morgan fingerprint density at radius 3 is 2.93 bits per heavy atom. The van der Waals surface area contributed by atoms with Gasteiger partial charge in [0.25, 0.3) is 0 Å². The zero-order chi connectivity index (χ0) is 9.97. The van der Waals surface area contributed by atoms with Crippen molar-refractivity contribution in [1.82, 2.24) is 10.3 Å². The van der Waals surface area contributed by atoms with Crippen LogP contribution < -0.4 is 5.32 Å². The van der Waals surface area contributed by atoms with Crippen molar-refractivity contribution in [3.05, 3.63) is 26.9 Å². The predicted molar refractivity (Wildman–Crippen MR) is 61.2 cm³/mol. The second-order valence-electron chi connectivity index (χ2n) is 3.10. The van der Waals surface area contributed by atoms with E-state index in [-0.39, 0.29) is 6.04 Å². The first kappa shape index (κ1) is 10.5. The molecule has 1 aliphatic rings. The Bertz CT molecular complexity index is 327. The van der Waals surface area contributed by atoms with E-state index in [0.29, 0.717) is 6.61 Å². The normalized spacial score (nSPS) is 22.3. The quantitative estimate of drug-likeness (QED) is 0.806. The summed E-state index contributed by atoms with van der Waals surface area (Å²) in [6.07, 6.45) is 0. The number of rotatable bonds is 1. The maximum Gasteiger partial charge on any atom is 0.112 e. The number of ether oxygens (including phenoxy) is 1. The molecular formula is C9H10Br2N2O. The SMILES string of the molecule is Brc1ccc([C@@H]2COCCN2)c(Br)n1. The van der Waals surface area contributed by atoms with E-state index >= 15 is 0 Å². The van der Waals surface area contributed by atoms with E-state index < -0.39 is 0 Å². The molecule has 2 heterocycles. The number of nitrogens with one attached hydrogen (secondary N) is 1. The Hall–Kier alpha value is 0.0300. The summed E-state index contributed by atoms with van der Waals surface area (Å²) in [5.74, 6) is 0. The maximum atomic E-state index is 5.40. The van der Waals surface area contributed by atoms with Crippen LogP contribution in [0, 0.1) is 0 Å². The standard InChI is InChI=1S/C9H10Br2N2O/c10-8-2-1-6(9(11)13-8)7-5-14-4-3-12-7/h1-2,7,12H,3-5H2/t7-/m0/s1. The Kier molecular flexibility index (Phi) is 3.54. The molecule has 0 spiro atoms. The van der Waals surface area contributed by atoms with Crippen molar-refractivity contribution in [1.29, 1.82) is 0 Å². The summed E-state index contributed by atoms with van der Waals surface area (Å²) in [6, 6.07) is 4.24. The Morgan fingerprint density at radius 1 is 1.43 bits per heavy atom. The van der Waals surface area contributed by atoms with Gasteiger partial charge in [-0.25, -0.2) is 4.98 Å². The largest absolute Gasteiger partial charge is 0.378 e. The molecule has 0 saturated carbocycles. The van der Waals surface area contributed by atoms with Gasteiger partial charge in [0.1, 0.15) is 9.21 Å². The number of hydrogen-bond donors (Lipinski definition) is 1. The molecular weight excluding hydrogens is 312 g/mol. The maximum absolute atomic E-state index is 5.40. The van der Waals surface area contributed by atoms with Crippen LogP contribution in [0.15, 0.2) is 21.3 Å². The lowest BCUT2D eigenvalue weighted by Crippen LogP contribution is -2.34. The molecule has 3 nitrogen and oxygen atoms in total. The highest BCUT2D eigenvalue weighted by atomic mass is 79.9. The van der Waals surface area contributed by atoms with Crippen LogP contribution in [0.5, 0.6) is 0 Å². The van der Waals surface area contributed by atoms with Gasteiger partial charge in [-0.3, -0.25) is 0 Å². The number of aromatic nitrogens is 1. The van der Waals surface area contributed by atoms with Gasteiger partial charge in [-0.1, -0.05) is 6.07 Å². The van der Waals surface area contributed by atoms with Crippen molar-refractivity contribution in [2.75, 3.05) is 19.8 Å². The van der Waals surface area contributed by atoms with Crippen molar-refractivity contribution in [3.8, 4) is 0 Å². The van der Waals surface area contributed by atoms with Crippen molar-refractivity contribution in [2.24, 2.45) is 0 Å². The van der Waals surface area contributed by atoms with Crippen LogP contribution in [-0.2, 0) is 4.74 Å². The fraction of sp³-hybridized carbons (Fsp3) is 0.444. The molecule has 1 atom stereocenters. The number of pyridine rings is 1. The molecule has 0 radical (unpaired) electrons. The minimum Gasteiger partial charge on any atom is -0.378 e. The van der Waals surface area contributed by atoms with E-state index in [2.05, 4.69) is 42.2 Å². The smallest absolute Gasteiger partial charge is 0.112 e. The van der Waals surface area contributed by atoms with Crippen LogP contribution in [-0.4, -0.2) is 24.7 Å². The lowest BCUT2D eigenvalue weighted by Gasteiger charge is -2.24. The van der Waals surface area contributed by atoms with Crippen LogP contribution in [0.1, 0.15) is 11.6 Å². The number of nitrogens with zero attached hydrogens (tertiary/aromatic N) is 1. The van der Waals surface area contributed by atoms with Gasteiger partial charge in [-0.05, 0) is 37.9 Å². The van der Waals surface area contributed by atoms with E-state index in [9.17, 15) is 0 Å². The van der Waals surface area contributed by atoms with Gasteiger partial charge in [0.05, 0.1) is 19.3 Å². The van der Waals surface area contributed by atoms with Gasteiger partial charge >= 0.3 is 0 Å². The fourth-order valence-corrected chi connectivity index (χ4v) is 2.59. The molecule has 2 rings (SSSR count). The molecule has 14 heavy (non-hydrogen) atoms. The third kappa shape index (κ3) is 2.34. The first-order chi connectivity index (χ1) is 6.77. The van der Waals surface area contributed by atoms with Crippen LogP contribution in [0.3, 0.4) is 0 Å². The Balaban J connectivity index is 2.22. The summed E-state index contributed by atoms with van der Waals surface area (Å²) >= 11 is 6.77. The summed E-state index contributed by atoms with van der Waals surface area (Å²) in [6.45, 7) is 2.40. The topological polar surface area (TPSA) is 34.1 Å². The van der Waals surface area contributed by atoms with Crippen molar-refractivity contribution < 1.29 is 4.74 Å². The summed E-state index contributed by atoms with van der Waals surface area (Å²) < 4.78 is 7.11. The molecule has 0 aromatic carbocycles. The second kappa shape index (κ2) is 4.70. The van der Waals surface area contributed by atoms with E-state index in [1.165, 1.54) is 0 Å². The first-order valence-electron chi connectivity index (χ1n) is 4.40. The molecule has 0 amide bonds. The average molecular weight is 322 g/mol. The molecule has 76 valence electrons. The van der Waals surface area contributed by atoms with Gasteiger partial charge < -0.3 is 10.1 Å². The Labute approximate surface area is 99.5 Å². The average Bonchev–Trinajstić information content (AvgIpc) is 2.19. The minimum atomic E-state index is 0.249. The number of hydrogen-bond acceptors (Lipinski definition) is 3. The molecule has 1 fully saturated rings. The monoisotopic (exact) mass is 320 g/mol. The van der Waals surface area contributed by atoms with Gasteiger partial charge in [0, 0.05) is 12.1 Å². The number of halogens is 2. The highest BCUT2D eigenvalue weighted by molar-refractivity contribution is 9.11. The molecule has 1 N–H and O–H groups in total. The first-order valence-corrected chi connectivity index (χ1v) is 5.99. The second-order valence-corrected chi connectivity index (χ2v) is 4.66. The van der Waals surface area contributed by atoms with Crippen LogP contribution in [0.4, 0.5) is 0 Å². The van der Waals surface area contributed by atoms with E-state index in [1.807, 2.05) is 12.1 Å². The summed E-state index contributed by atoms with van der Waals surface area (Å²) in [5.41, 5.74) is 1.15. The van der Waals surface area contributed by atoms with Crippen LogP contribution in [0.2, 0.25) is 0 Å². The zero-order valence-corrected chi connectivity index (χ0v) is 10.6. The summed E-state index contributed by atoms with van der Waals surface area (Å²) in [4.78, 5) is 4.29. The van der Waals surface area contributed by atoms with Gasteiger partial charge in [0.15, 0.2) is 0 Å². The van der Waals surface area contributed by atoms with Crippen LogP contribution in [0.25, 0.3) is 0 Å². The molecule has 0 bridgehead atoms. The third-order valence-corrected chi connectivity index (χ3v) is 3.22. The predicted octanol–water partition coefficient (Wildman–Crippen LogP) is 2.27. The highest BCUT2D eigenvalue weighted by Crippen LogP contribution is 2.24. The lowest BCUT2D eigenvalue weighted by atomic mass is 10.1. The molecule has 5 heteroatoms.